The molecule has 8 heteroatoms. The SMILES string of the molecule is [2H]C([2H])(O)[C@H]1O[C@@H](n2cnc3c(N)ncnc32)[C@H](OC)[C@@H]1C. The van der Waals surface area contributed by atoms with Crippen LogP contribution in [-0.4, -0.2) is 50.5 Å². The van der Waals surface area contributed by atoms with Crippen molar-refractivity contribution in [2.45, 2.75) is 25.4 Å². The number of ether oxygens (including phenoxy) is 2. The number of fused-ring (bicyclic) bond motifs is 1. The summed E-state index contributed by atoms with van der Waals surface area (Å²) >= 11 is 0. The van der Waals surface area contributed by atoms with Gasteiger partial charge in [-0.15, -0.1) is 0 Å². The molecule has 3 heterocycles. The van der Waals surface area contributed by atoms with Crippen molar-refractivity contribution >= 4 is 17.0 Å². The molecule has 0 radical (unpaired) electrons. The van der Waals surface area contributed by atoms with Gasteiger partial charge in [-0.1, -0.05) is 6.92 Å². The molecular formula is C12H17N5O3. The second kappa shape index (κ2) is 4.97. The summed E-state index contributed by atoms with van der Waals surface area (Å²) < 4.78 is 27.8. The summed E-state index contributed by atoms with van der Waals surface area (Å²) in [4.78, 5) is 12.2. The van der Waals surface area contributed by atoms with Crippen LogP contribution in [0.3, 0.4) is 0 Å². The van der Waals surface area contributed by atoms with Crippen LogP contribution >= 0.6 is 0 Å². The summed E-state index contributed by atoms with van der Waals surface area (Å²) in [6, 6.07) is 0. The van der Waals surface area contributed by atoms with Crippen molar-refractivity contribution in [2.75, 3.05) is 19.4 Å². The van der Waals surface area contributed by atoms with Gasteiger partial charge in [0.05, 0.1) is 21.7 Å². The highest BCUT2D eigenvalue weighted by atomic mass is 16.6. The number of nitrogen functional groups attached to an aromatic ring is 1. The molecule has 1 saturated heterocycles. The maximum absolute atomic E-state index is 9.66. The molecule has 1 aliphatic rings. The minimum absolute atomic E-state index is 0.248. The van der Waals surface area contributed by atoms with E-state index < -0.39 is 25.0 Å². The lowest BCUT2D eigenvalue weighted by atomic mass is 10.0. The Labute approximate surface area is 118 Å². The van der Waals surface area contributed by atoms with Crippen LogP contribution in [0.1, 0.15) is 15.9 Å². The van der Waals surface area contributed by atoms with Gasteiger partial charge in [0, 0.05) is 13.0 Å². The minimum Gasteiger partial charge on any atom is -0.394 e. The Morgan fingerprint density at radius 1 is 1.55 bits per heavy atom. The smallest absolute Gasteiger partial charge is 0.167 e. The summed E-state index contributed by atoms with van der Waals surface area (Å²) in [5.74, 6) is -0.121. The van der Waals surface area contributed by atoms with Crippen molar-refractivity contribution in [1.29, 1.82) is 0 Å². The largest absolute Gasteiger partial charge is 0.394 e. The van der Waals surface area contributed by atoms with E-state index in [-0.39, 0.29) is 11.7 Å². The Bertz CT molecular complexity index is 689. The highest BCUT2D eigenvalue weighted by Crippen LogP contribution is 2.36. The van der Waals surface area contributed by atoms with Crippen molar-refractivity contribution in [2.24, 2.45) is 5.92 Å². The molecule has 2 aromatic heterocycles. The van der Waals surface area contributed by atoms with Crippen LogP contribution in [0.4, 0.5) is 5.82 Å². The van der Waals surface area contributed by atoms with E-state index in [1.807, 2.05) is 0 Å². The molecule has 0 aromatic carbocycles. The molecule has 3 rings (SSSR count). The predicted molar refractivity (Wildman–Crippen MR) is 70.7 cm³/mol. The molecule has 20 heavy (non-hydrogen) atoms. The molecule has 1 fully saturated rings. The fourth-order valence-corrected chi connectivity index (χ4v) is 2.54. The fourth-order valence-electron chi connectivity index (χ4n) is 2.54. The number of aliphatic hydroxyl groups is 1. The zero-order valence-corrected chi connectivity index (χ0v) is 11.1. The first-order valence-electron chi connectivity index (χ1n) is 7.18. The molecule has 2 aromatic rings. The highest BCUT2D eigenvalue weighted by molar-refractivity contribution is 5.81. The Balaban J connectivity index is 2.04. The van der Waals surface area contributed by atoms with Gasteiger partial charge in [-0.05, 0) is 0 Å². The van der Waals surface area contributed by atoms with Crippen molar-refractivity contribution in [3.63, 3.8) is 0 Å². The van der Waals surface area contributed by atoms with Gasteiger partial charge in [-0.25, -0.2) is 15.0 Å². The van der Waals surface area contributed by atoms with Crippen molar-refractivity contribution < 1.29 is 17.3 Å². The first-order valence-corrected chi connectivity index (χ1v) is 6.18. The second-order valence-corrected chi connectivity index (χ2v) is 4.72. The van der Waals surface area contributed by atoms with Crippen LogP contribution in [0.15, 0.2) is 12.7 Å². The van der Waals surface area contributed by atoms with Crippen molar-refractivity contribution in [3.05, 3.63) is 12.7 Å². The van der Waals surface area contributed by atoms with Gasteiger partial charge in [0.25, 0.3) is 0 Å². The zero-order valence-electron chi connectivity index (χ0n) is 13.1. The van der Waals surface area contributed by atoms with Gasteiger partial charge < -0.3 is 20.3 Å². The first-order chi connectivity index (χ1) is 10.3. The maximum atomic E-state index is 9.66. The third-order valence-electron chi connectivity index (χ3n) is 3.62. The molecule has 0 amide bonds. The number of imidazole rings is 1. The molecule has 3 N–H and O–H groups in total. The molecule has 0 saturated carbocycles. The molecule has 1 aliphatic heterocycles. The number of anilines is 1. The molecule has 4 atom stereocenters. The fraction of sp³-hybridized carbons (Fsp3) is 0.583. The lowest BCUT2D eigenvalue weighted by Gasteiger charge is -2.20. The van der Waals surface area contributed by atoms with Gasteiger partial charge in [-0.3, -0.25) is 4.57 Å². The van der Waals surface area contributed by atoms with E-state index in [2.05, 4.69) is 15.0 Å². The van der Waals surface area contributed by atoms with E-state index >= 15 is 0 Å². The third kappa shape index (κ3) is 1.84. The standard InChI is InChI=1S/C12H17N5O3/c1-6-7(3-18)20-12(9(6)19-2)17-5-16-8-10(13)14-4-15-11(8)17/h4-7,9,12,18H,3H2,1-2H3,(H2,13,14,15)/t6-,7-,9-,12-/m1/s1/i3D2. The number of aromatic nitrogens is 4. The molecular weight excluding hydrogens is 262 g/mol. The summed E-state index contributed by atoms with van der Waals surface area (Å²) in [6.07, 6.45) is 0.638. The monoisotopic (exact) mass is 281 g/mol. The number of nitrogens with zero attached hydrogens (tertiary/aromatic N) is 4. The quantitative estimate of drug-likeness (QED) is 0.811. The molecule has 108 valence electrons. The van der Waals surface area contributed by atoms with Gasteiger partial charge in [0.15, 0.2) is 17.7 Å². The van der Waals surface area contributed by atoms with Gasteiger partial charge in [-0.2, -0.15) is 0 Å². The average molecular weight is 281 g/mol. The van der Waals surface area contributed by atoms with Crippen LogP contribution in [0.2, 0.25) is 0 Å². The first kappa shape index (κ1) is 11.0. The zero-order chi connectivity index (χ0) is 16.1. The highest BCUT2D eigenvalue weighted by Gasteiger charge is 2.43. The van der Waals surface area contributed by atoms with Crippen LogP contribution in [0.25, 0.3) is 11.2 Å². The van der Waals surface area contributed by atoms with E-state index in [1.165, 1.54) is 19.8 Å². The summed E-state index contributed by atoms with van der Waals surface area (Å²) in [7, 11) is 1.51. The second-order valence-electron chi connectivity index (χ2n) is 4.72. The molecule has 8 nitrogen and oxygen atoms in total. The minimum atomic E-state index is -2.48. The molecule has 0 bridgehead atoms. The third-order valence-corrected chi connectivity index (χ3v) is 3.62. The van der Waals surface area contributed by atoms with Crippen molar-refractivity contribution in [3.8, 4) is 0 Å². The molecule has 0 aliphatic carbocycles. The van der Waals surface area contributed by atoms with Crippen LogP contribution < -0.4 is 5.73 Å². The molecule has 0 unspecified atom stereocenters. The molecule has 0 spiro atoms. The topological polar surface area (TPSA) is 108 Å². The van der Waals surface area contributed by atoms with E-state index in [4.69, 9.17) is 17.9 Å². The maximum Gasteiger partial charge on any atom is 0.167 e. The average Bonchev–Trinajstić information content (AvgIpc) is 2.99. The summed E-state index contributed by atoms with van der Waals surface area (Å²) in [5.41, 5.74) is 6.66. The predicted octanol–water partition coefficient (Wildman–Crippen LogP) is -0.0507. The number of methoxy groups -OCH3 is 1. The van der Waals surface area contributed by atoms with Crippen LogP contribution in [0, 0.1) is 5.92 Å². The number of nitrogens with two attached hydrogens (primary N) is 1. The van der Waals surface area contributed by atoms with Gasteiger partial charge in [0.2, 0.25) is 0 Å². The Morgan fingerprint density at radius 3 is 3.05 bits per heavy atom. The van der Waals surface area contributed by atoms with Crippen molar-refractivity contribution in [1.82, 2.24) is 19.5 Å². The van der Waals surface area contributed by atoms with Gasteiger partial charge in [0.1, 0.15) is 17.9 Å². The van der Waals surface area contributed by atoms with E-state index in [0.717, 1.165) is 0 Å². The Morgan fingerprint density at radius 2 is 2.35 bits per heavy atom. The number of hydrogen-bond acceptors (Lipinski definition) is 7. The van der Waals surface area contributed by atoms with Gasteiger partial charge >= 0.3 is 0 Å². The number of hydrogen-bond donors (Lipinski definition) is 2. The lowest BCUT2D eigenvalue weighted by Crippen LogP contribution is -2.27. The summed E-state index contributed by atoms with van der Waals surface area (Å²) in [5, 5.41) is 9.66. The summed E-state index contributed by atoms with van der Waals surface area (Å²) in [6.45, 7) is -0.718. The van der Waals surface area contributed by atoms with E-state index in [9.17, 15) is 5.11 Å². The Kier molecular flexibility index (Phi) is 2.72. The Hall–Kier alpha value is -1.77. The van der Waals surface area contributed by atoms with Crippen LogP contribution in [-0.2, 0) is 9.47 Å². The van der Waals surface area contributed by atoms with E-state index in [0.29, 0.717) is 11.2 Å². The normalized spacial score (nSPS) is 32.4. The van der Waals surface area contributed by atoms with E-state index in [1.54, 1.807) is 11.5 Å². The lowest BCUT2D eigenvalue weighted by molar-refractivity contribution is -0.0583. The number of rotatable bonds is 3. The van der Waals surface area contributed by atoms with Crippen LogP contribution in [0.5, 0.6) is 0 Å².